The van der Waals surface area contributed by atoms with Gasteiger partial charge in [-0.2, -0.15) is 0 Å². The van der Waals surface area contributed by atoms with Crippen molar-refractivity contribution in [3.63, 3.8) is 0 Å². The van der Waals surface area contributed by atoms with Crippen molar-refractivity contribution in [2.45, 2.75) is 6.92 Å². The van der Waals surface area contributed by atoms with E-state index in [1.807, 2.05) is 25.1 Å². The standard InChI is InChI=1S/C51H35ClN2/c1-2-11-48-51(53)45-18-9-10-19-47(45)54(48)41-29-39(28-40(52)31-41)36-24-25-44-46(30-36)50(38-23-21-33-13-4-6-15-35(33)27-38)43-17-8-7-16-42(43)49(44)37-22-20-32-12-3-5-14-34(32)26-37/h2-31H,53H2,1H3/b11-2-. The Morgan fingerprint density at radius 2 is 1.00 bits per heavy atom. The molecule has 1 heterocycles. The highest BCUT2D eigenvalue weighted by molar-refractivity contribution is 6.31. The third-order valence-corrected chi connectivity index (χ3v) is 11.1. The van der Waals surface area contributed by atoms with E-state index in [1.54, 1.807) is 0 Å². The third-order valence-electron chi connectivity index (χ3n) is 10.9. The van der Waals surface area contributed by atoms with Gasteiger partial charge in [-0.25, -0.2) is 0 Å². The van der Waals surface area contributed by atoms with Gasteiger partial charge in [0.05, 0.1) is 16.9 Å². The number of rotatable bonds is 5. The highest BCUT2D eigenvalue weighted by atomic mass is 35.5. The highest BCUT2D eigenvalue weighted by Crippen LogP contribution is 2.46. The number of benzene rings is 9. The lowest BCUT2D eigenvalue weighted by molar-refractivity contribution is 1.11. The van der Waals surface area contributed by atoms with Crippen molar-refractivity contribution in [1.29, 1.82) is 0 Å². The minimum Gasteiger partial charge on any atom is -0.396 e. The summed E-state index contributed by atoms with van der Waals surface area (Å²) in [4.78, 5) is 0. The van der Waals surface area contributed by atoms with Crippen LogP contribution in [-0.2, 0) is 0 Å². The lowest BCUT2D eigenvalue weighted by Crippen LogP contribution is -1.99. The van der Waals surface area contributed by atoms with Crippen molar-refractivity contribution in [3.8, 4) is 39.1 Å². The lowest BCUT2D eigenvalue weighted by atomic mass is 9.84. The molecule has 0 bridgehead atoms. The number of nitrogens with zero attached hydrogens (tertiary/aromatic N) is 1. The van der Waals surface area contributed by atoms with Crippen LogP contribution in [0.2, 0.25) is 5.02 Å². The van der Waals surface area contributed by atoms with E-state index in [0.29, 0.717) is 5.02 Å². The Morgan fingerprint density at radius 1 is 0.463 bits per heavy atom. The van der Waals surface area contributed by atoms with E-state index in [4.69, 9.17) is 17.3 Å². The molecule has 0 saturated heterocycles. The number of halogens is 1. The first-order chi connectivity index (χ1) is 26.6. The van der Waals surface area contributed by atoms with Crippen molar-refractivity contribution in [1.82, 2.24) is 4.57 Å². The first-order valence-corrected chi connectivity index (χ1v) is 18.7. The second-order valence-corrected chi connectivity index (χ2v) is 14.5. The number of anilines is 1. The van der Waals surface area contributed by atoms with Gasteiger partial charge in [0.15, 0.2) is 0 Å². The van der Waals surface area contributed by atoms with Crippen LogP contribution in [0.5, 0.6) is 0 Å². The van der Waals surface area contributed by atoms with Crippen LogP contribution in [0, 0.1) is 0 Å². The summed E-state index contributed by atoms with van der Waals surface area (Å²) in [5.41, 5.74) is 17.4. The summed E-state index contributed by atoms with van der Waals surface area (Å²) in [5.74, 6) is 0. The molecule has 10 rings (SSSR count). The average molecular weight is 711 g/mol. The summed E-state index contributed by atoms with van der Waals surface area (Å²) in [6, 6.07) is 61.3. The Balaban J connectivity index is 1.27. The van der Waals surface area contributed by atoms with Gasteiger partial charge in [0.2, 0.25) is 0 Å². The van der Waals surface area contributed by atoms with Gasteiger partial charge >= 0.3 is 0 Å². The molecule has 10 aromatic rings. The van der Waals surface area contributed by atoms with Gasteiger partial charge in [0.25, 0.3) is 0 Å². The number of nitrogen functional groups attached to an aromatic ring is 1. The maximum absolute atomic E-state index is 7.01. The number of para-hydroxylation sites is 1. The maximum Gasteiger partial charge on any atom is 0.0695 e. The van der Waals surface area contributed by atoms with Crippen LogP contribution in [0.15, 0.2) is 176 Å². The first-order valence-electron chi connectivity index (χ1n) is 18.4. The van der Waals surface area contributed by atoms with Gasteiger partial charge in [-0.05, 0) is 132 Å². The number of nitrogens with two attached hydrogens (primary N) is 1. The van der Waals surface area contributed by atoms with Crippen molar-refractivity contribution < 1.29 is 0 Å². The molecule has 0 aliphatic heterocycles. The van der Waals surface area contributed by atoms with E-state index in [2.05, 4.69) is 168 Å². The van der Waals surface area contributed by atoms with Crippen molar-refractivity contribution in [2.75, 3.05) is 5.73 Å². The normalized spacial score (nSPS) is 11.9. The van der Waals surface area contributed by atoms with E-state index in [1.165, 1.54) is 65.3 Å². The number of hydrogen-bond donors (Lipinski definition) is 1. The first kappa shape index (κ1) is 32.1. The van der Waals surface area contributed by atoms with Gasteiger partial charge in [0, 0.05) is 16.1 Å². The summed E-state index contributed by atoms with van der Waals surface area (Å²) in [5, 5.41) is 11.4. The minimum atomic E-state index is 0.662. The summed E-state index contributed by atoms with van der Waals surface area (Å²) in [6.07, 6.45) is 4.10. The van der Waals surface area contributed by atoms with Crippen LogP contribution in [0.1, 0.15) is 12.6 Å². The molecule has 0 amide bonds. The number of allylic oxidation sites excluding steroid dienone is 1. The molecule has 0 atom stereocenters. The zero-order valence-electron chi connectivity index (χ0n) is 29.7. The molecule has 0 fully saturated rings. The van der Waals surface area contributed by atoms with E-state index < -0.39 is 0 Å². The number of aromatic nitrogens is 1. The molecule has 0 saturated carbocycles. The molecule has 9 aromatic carbocycles. The molecule has 0 aliphatic rings. The highest BCUT2D eigenvalue weighted by Gasteiger charge is 2.20. The van der Waals surface area contributed by atoms with E-state index in [9.17, 15) is 0 Å². The Kier molecular flexibility index (Phi) is 7.61. The Bertz CT molecular complexity index is 3150. The molecule has 2 nitrogen and oxygen atoms in total. The molecule has 3 heteroatoms. The zero-order chi connectivity index (χ0) is 36.3. The monoisotopic (exact) mass is 710 g/mol. The molecule has 0 unspecified atom stereocenters. The van der Waals surface area contributed by atoms with Gasteiger partial charge in [-0.3, -0.25) is 0 Å². The van der Waals surface area contributed by atoms with Gasteiger partial charge in [-0.15, -0.1) is 0 Å². The molecule has 256 valence electrons. The van der Waals surface area contributed by atoms with Crippen molar-refractivity contribution in [3.05, 3.63) is 187 Å². The Hall–Kier alpha value is -6.61. The van der Waals surface area contributed by atoms with Gasteiger partial charge in [0.1, 0.15) is 0 Å². The fourth-order valence-electron chi connectivity index (χ4n) is 8.42. The molecule has 2 N–H and O–H groups in total. The molecular weight excluding hydrogens is 676 g/mol. The summed E-state index contributed by atoms with van der Waals surface area (Å²) in [7, 11) is 0. The van der Waals surface area contributed by atoms with Gasteiger partial charge < -0.3 is 10.3 Å². The van der Waals surface area contributed by atoms with E-state index in [0.717, 1.165) is 39.1 Å². The molecule has 0 radical (unpaired) electrons. The van der Waals surface area contributed by atoms with Gasteiger partial charge in [-0.1, -0.05) is 145 Å². The van der Waals surface area contributed by atoms with Crippen LogP contribution in [0.3, 0.4) is 0 Å². The van der Waals surface area contributed by atoms with E-state index >= 15 is 0 Å². The maximum atomic E-state index is 7.01. The average Bonchev–Trinajstić information content (AvgIpc) is 3.49. The summed E-state index contributed by atoms with van der Waals surface area (Å²) in [6.45, 7) is 2.02. The largest absolute Gasteiger partial charge is 0.396 e. The molecule has 1 aromatic heterocycles. The quantitative estimate of drug-likeness (QED) is 0.177. The van der Waals surface area contributed by atoms with E-state index in [-0.39, 0.29) is 0 Å². The minimum absolute atomic E-state index is 0.662. The molecular formula is C51H35ClN2. The number of hydrogen-bond acceptors (Lipinski definition) is 1. The molecule has 0 spiro atoms. The smallest absolute Gasteiger partial charge is 0.0695 e. The molecule has 54 heavy (non-hydrogen) atoms. The zero-order valence-corrected chi connectivity index (χ0v) is 30.5. The fraction of sp³-hybridized carbons (Fsp3) is 0.0196. The lowest BCUT2D eigenvalue weighted by Gasteiger charge is -2.19. The van der Waals surface area contributed by atoms with Crippen molar-refractivity contribution >= 4 is 77.4 Å². The van der Waals surface area contributed by atoms with Crippen LogP contribution < -0.4 is 5.73 Å². The van der Waals surface area contributed by atoms with Crippen LogP contribution in [0.4, 0.5) is 5.69 Å². The summed E-state index contributed by atoms with van der Waals surface area (Å²) >= 11 is 7.01. The Labute approximate surface area is 319 Å². The molecule has 0 aliphatic carbocycles. The van der Waals surface area contributed by atoms with Crippen LogP contribution in [0.25, 0.3) is 99.1 Å². The van der Waals surface area contributed by atoms with Crippen LogP contribution in [-0.4, -0.2) is 4.57 Å². The fourth-order valence-corrected chi connectivity index (χ4v) is 8.65. The SMILES string of the molecule is C/C=C\c1c(N)c2ccccc2n1-c1cc(Cl)cc(-c2ccc3c(-c4ccc5ccccc5c4)c4ccccc4c(-c4ccc5ccccc5c4)c3c2)c1. The predicted molar refractivity (Wildman–Crippen MR) is 234 cm³/mol. The topological polar surface area (TPSA) is 30.9 Å². The third kappa shape index (κ3) is 5.18. The second-order valence-electron chi connectivity index (χ2n) is 14.0. The summed E-state index contributed by atoms with van der Waals surface area (Å²) < 4.78 is 2.22. The van der Waals surface area contributed by atoms with Crippen LogP contribution >= 0.6 is 11.6 Å². The Morgan fingerprint density at radius 3 is 1.65 bits per heavy atom. The predicted octanol–water partition coefficient (Wildman–Crippen LogP) is 14.5. The second kappa shape index (κ2) is 12.8. The van der Waals surface area contributed by atoms with Crippen molar-refractivity contribution in [2.24, 2.45) is 0 Å². The number of fused-ring (bicyclic) bond motifs is 5.